The summed E-state index contributed by atoms with van der Waals surface area (Å²) in [5.74, 6) is 0.174. The van der Waals surface area contributed by atoms with Crippen molar-refractivity contribution in [1.29, 1.82) is 0 Å². The van der Waals surface area contributed by atoms with Crippen molar-refractivity contribution in [3.05, 3.63) is 23.8 Å². The second kappa shape index (κ2) is 5.50. The Labute approximate surface area is 133 Å². The minimum absolute atomic E-state index is 0.0776. The number of benzene rings is 1. The fourth-order valence-corrected chi connectivity index (χ4v) is 4.25. The molecule has 124 valence electrons. The van der Waals surface area contributed by atoms with Gasteiger partial charge in [0.1, 0.15) is 5.75 Å². The van der Waals surface area contributed by atoms with Gasteiger partial charge in [-0.3, -0.25) is 4.79 Å². The third kappa shape index (κ3) is 2.55. The second-order valence-corrected chi connectivity index (χ2v) is 7.36. The van der Waals surface area contributed by atoms with Gasteiger partial charge in [0.2, 0.25) is 10.0 Å². The minimum atomic E-state index is -3.66. The van der Waals surface area contributed by atoms with Crippen LogP contribution in [0, 0.1) is 6.92 Å². The van der Waals surface area contributed by atoms with Gasteiger partial charge in [-0.15, -0.1) is 0 Å². The van der Waals surface area contributed by atoms with Crippen LogP contribution < -0.4 is 4.74 Å². The van der Waals surface area contributed by atoms with E-state index < -0.39 is 28.1 Å². The number of aryl methyl sites for hydroxylation is 1. The van der Waals surface area contributed by atoms with E-state index in [1.165, 1.54) is 23.5 Å². The number of carbonyl (C=O) groups excluding carboxylic acids is 2. The molecule has 0 N–H and O–H groups in total. The Hall–Kier alpha value is -2.13. The van der Waals surface area contributed by atoms with Gasteiger partial charge in [-0.05, 0) is 30.7 Å². The van der Waals surface area contributed by atoms with Crippen molar-refractivity contribution in [2.75, 3.05) is 26.8 Å². The number of nitrogens with zero attached hydrogens (tertiary/aromatic N) is 2. The Bertz CT molecular complexity index is 753. The maximum absolute atomic E-state index is 12.6. The number of hydrogen-bond donors (Lipinski definition) is 0. The molecule has 2 saturated heterocycles. The number of carbonyl (C=O) groups is 2. The lowest BCUT2D eigenvalue weighted by atomic mass is 10.1. The van der Waals surface area contributed by atoms with Crippen LogP contribution in [0.25, 0.3) is 0 Å². The number of amides is 2. The predicted octanol–water partition coefficient (Wildman–Crippen LogP) is 0.355. The number of rotatable bonds is 4. The summed E-state index contributed by atoms with van der Waals surface area (Å²) in [6.07, 6.45) is -0.711. The maximum Gasteiger partial charge on any atom is 0.417 e. The molecule has 2 amide bonds. The Morgan fingerprint density at radius 3 is 2.48 bits per heavy atom. The first-order valence-corrected chi connectivity index (χ1v) is 8.42. The summed E-state index contributed by atoms with van der Waals surface area (Å²) < 4.78 is 36.1. The molecule has 3 rings (SSSR count). The van der Waals surface area contributed by atoms with E-state index in [1.54, 1.807) is 13.0 Å². The number of ether oxygens (including phenoxy) is 2. The van der Waals surface area contributed by atoms with E-state index in [2.05, 4.69) is 4.74 Å². The van der Waals surface area contributed by atoms with Gasteiger partial charge in [-0.25, -0.2) is 18.1 Å². The molecule has 0 aromatic heterocycles. The van der Waals surface area contributed by atoms with Crippen LogP contribution in [-0.4, -0.2) is 62.5 Å². The van der Waals surface area contributed by atoms with Crippen molar-refractivity contribution in [1.82, 2.24) is 9.21 Å². The highest BCUT2D eigenvalue weighted by Crippen LogP contribution is 2.28. The van der Waals surface area contributed by atoms with Crippen LogP contribution in [0.3, 0.4) is 0 Å². The van der Waals surface area contributed by atoms with Gasteiger partial charge in [0.25, 0.3) is 5.91 Å². The molecule has 8 nitrogen and oxygen atoms in total. The summed E-state index contributed by atoms with van der Waals surface area (Å²) in [5, 5.41) is 0. The van der Waals surface area contributed by atoms with E-state index in [0.717, 1.165) is 4.90 Å². The molecular formula is C14H16N2O6S. The summed E-state index contributed by atoms with van der Waals surface area (Å²) in [5.41, 5.74) is 0.712. The van der Waals surface area contributed by atoms with Gasteiger partial charge in [-0.2, -0.15) is 4.31 Å². The highest BCUT2D eigenvalue weighted by molar-refractivity contribution is 7.89. The van der Waals surface area contributed by atoms with Crippen LogP contribution in [0.2, 0.25) is 0 Å². The lowest BCUT2D eigenvalue weighted by molar-refractivity contribution is -0.128. The Morgan fingerprint density at radius 1 is 1.26 bits per heavy atom. The molecule has 0 spiro atoms. The second-order valence-electron chi connectivity index (χ2n) is 5.43. The van der Waals surface area contributed by atoms with Crippen molar-refractivity contribution in [2.45, 2.75) is 17.9 Å². The first-order chi connectivity index (χ1) is 10.8. The average Bonchev–Trinajstić information content (AvgIpc) is 2.77. The van der Waals surface area contributed by atoms with Gasteiger partial charge in [0.15, 0.2) is 6.61 Å². The van der Waals surface area contributed by atoms with E-state index >= 15 is 0 Å². The molecule has 2 heterocycles. The smallest absolute Gasteiger partial charge is 0.417 e. The third-order valence-electron chi connectivity index (χ3n) is 3.98. The zero-order valence-electron chi connectivity index (χ0n) is 12.7. The van der Waals surface area contributed by atoms with Gasteiger partial charge in [0, 0.05) is 13.1 Å². The number of sulfonamides is 1. The quantitative estimate of drug-likeness (QED) is 0.785. The Kier molecular flexibility index (Phi) is 3.77. The molecule has 2 aliphatic rings. The van der Waals surface area contributed by atoms with Crippen molar-refractivity contribution in [2.24, 2.45) is 0 Å². The number of imide groups is 1. The molecule has 23 heavy (non-hydrogen) atoms. The van der Waals surface area contributed by atoms with E-state index in [0.29, 0.717) is 11.3 Å². The fraction of sp³-hybridized carbons (Fsp3) is 0.429. The highest BCUT2D eigenvalue weighted by Gasteiger charge is 2.46. The van der Waals surface area contributed by atoms with Gasteiger partial charge < -0.3 is 9.47 Å². The summed E-state index contributed by atoms with van der Waals surface area (Å²) >= 11 is 0. The van der Waals surface area contributed by atoms with Crippen molar-refractivity contribution in [3.8, 4) is 5.75 Å². The number of hydrogen-bond acceptors (Lipinski definition) is 6. The molecule has 0 atom stereocenters. The van der Waals surface area contributed by atoms with Gasteiger partial charge in [-0.1, -0.05) is 0 Å². The molecule has 9 heteroatoms. The molecule has 1 aromatic rings. The first-order valence-electron chi connectivity index (χ1n) is 6.98. The fourth-order valence-electron chi connectivity index (χ4n) is 2.65. The summed E-state index contributed by atoms with van der Waals surface area (Å²) in [4.78, 5) is 24.2. The molecule has 1 aromatic carbocycles. The molecular weight excluding hydrogens is 324 g/mol. The molecule has 0 bridgehead atoms. The summed E-state index contributed by atoms with van der Waals surface area (Å²) in [6.45, 7) is 1.64. The van der Waals surface area contributed by atoms with E-state index in [1.807, 2.05) is 0 Å². The van der Waals surface area contributed by atoms with Crippen LogP contribution in [-0.2, 0) is 19.6 Å². The van der Waals surface area contributed by atoms with Crippen molar-refractivity contribution < 1.29 is 27.5 Å². The largest absolute Gasteiger partial charge is 0.496 e. The van der Waals surface area contributed by atoms with E-state index in [-0.39, 0.29) is 24.6 Å². The van der Waals surface area contributed by atoms with Crippen LogP contribution in [0.15, 0.2) is 23.1 Å². The normalized spacial score (nSPS) is 19.7. The predicted molar refractivity (Wildman–Crippen MR) is 78.5 cm³/mol. The first kappa shape index (κ1) is 15.8. The maximum atomic E-state index is 12.6. The zero-order chi connectivity index (χ0) is 16.8. The highest BCUT2D eigenvalue weighted by atomic mass is 32.2. The summed E-state index contributed by atoms with van der Waals surface area (Å²) in [6, 6.07) is 4.15. The standard InChI is InChI=1S/C14H16N2O6S/c1-9-5-11(3-4-12(9)21-2)23(19,20)15-6-10(7-15)16-13(17)8-22-14(16)18/h3-5,10H,6-8H2,1-2H3. The topological polar surface area (TPSA) is 93.2 Å². The Balaban J connectivity index is 1.74. The van der Waals surface area contributed by atoms with E-state index in [4.69, 9.17) is 4.74 Å². The molecule has 0 saturated carbocycles. The zero-order valence-corrected chi connectivity index (χ0v) is 13.5. The molecule has 0 unspecified atom stereocenters. The summed E-state index contributed by atoms with van der Waals surface area (Å²) in [7, 11) is -2.14. The van der Waals surface area contributed by atoms with Crippen LogP contribution in [0.4, 0.5) is 4.79 Å². The Morgan fingerprint density at radius 2 is 1.96 bits per heavy atom. The minimum Gasteiger partial charge on any atom is -0.496 e. The van der Waals surface area contributed by atoms with Crippen molar-refractivity contribution in [3.63, 3.8) is 0 Å². The van der Waals surface area contributed by atoms with Gasteiger partial charge in [0.05, 0.1) is 18.0 Å². The molecule has 2 fully saturated rings. The molecule has 0 radical (unpaired) electrons. The van der Waals surface area contributed by atoms with Crippen LogP contribution in [0.5, 0.6) is 5.75 Å². The third-order valence-corrected chi connectivity index (χ3v) is 5.81. The molecule has 0 aliphatic carbocycles. The van der Waals surface area contributed by atoms with Crippen LogP contribution >= 0.6 is 0 Å². The monoisotopic (exact) mass is 340 g/mol. The van der Waals surface area contributed by atoms with Crippen molar-refractivity contribution >= 4 is 22.0 Å². The number of cyclic esters (lactones) is 1. The van der Waals surface area contributed by atoms with E-state index in [9.17, 15) is 18.0 Å². The lowest BCUT2D eigenvalue weighted by Crippen LogP contribution is -2.62. The molecule has 2 aliphatic heterocycles. The lowest BCUT2D eigenvalue weighted by Gasteiger charge is -2.40. The SMILES string of the molecule is COc1ccc(S(=O)(=O)N2CC(N3C(=O)COC3=O)C2)cc1C. The number of methoxy groups -OCH3 is 1. The van der Waals surface area contributed by atoms with Gasteiger partial charge >= 0.3 is 6.09 Å². The van der Waals surface area contributed by atoms with Crippen LogP contribution in [0.1, 0.15) is 5.56 Å². The average molecular weight is 340 g/mol.